The maximum Gasteiger partial charge on any atom is 0.239 e. The first kappa shape index (κ1) is 15.6. The molecule has 3 N–H and O–H groups in total. The highest BCUT2D eigenvalue weighted by Gasteiger charge is 2.19. The van der Waals surface area contributed by atoms with E-state index in [0.29, 0.717) is 10.7 Å². The Balaban J connectivity index is 2.72. The molecule has 1 rings (SSSR count). The SMILES string of the molecule is CCC(C)(C)NC(=O)CN(C)c1cc(Cl)ccc1N. The van der Waals surface area contributed by atoms with Gasteiger partial charge in [0.2, 0.25) is 5.91 Å². The van der Waals surface area contributed by atoms with Crippen molar-refractivity contribution in [1.82, 2.24) is 5.32 Å². The second-order valence-electron chi connectivity index (χ2n) is 5.34. The Kier molecular flexibility index (Phi) is 5.06. The van der Waals surface area contributed by atoms with Crippen LogP contribution in [-0.2, 0) is 4.79 Å². The largest absolute Gasteiger partial charge is 0.397 e. The maximum absolute atomic E-state index is 12.0. The number of rotatable bonds is 5. The third-order valence-electron chi connectivity index (χ3n) is 3.15. The smallest absolute Gasteiger partial charge is 0.239 e. The zero-order valence-corrected chi connectivity index (χ0v) is 12.7. The van der Waals surface area contributed by atoms with Gasteiger partial charge in [-0.15, -0.1) is 0 Å². The number of anilines is 2. The Bertz CT molecular complexity index is 460. The number of nitrogen functional groups attached to an aromatic ring is 1. The molecule has 0 fully saturated rings. The molecule has 0 saturated heterocycles. The van der Waals surface area contributed by atoms with Gasteiger partial charge in [0, 0.05) is 17.6 Å². The van der Waals surface area contributed by atoms with Crippen LogP contribution in [-0.4, -0.2) is 25.0 Å². The molecular weight excluding hydrogens is 262 g/mol. The van der Waals surface area contributed by atoms with Crippen LogP contribution in [0.25, 0.3) is 0 Å². The van der Waals surface area contributed by atoms with Gasteiger partial charge in [-0.3, -0.25) is 4.79 Å². The van der Waals surface area contributed by atoms with Crippen LogP contribution in [0.2, 0.25) is 5.02 Å². The fourth-order valence-electron chi connectivity index (χ4n) is 1.65. The van der Waals surface area contributed by atoms with Crippen molar-refractivity contribution in [2.45, 2.75) is 32.7 Å². The summed E-state index contributed by atoms with van der Waals surface area (Å²) >= 11 is 5.94. The van der Waals surface area contributed by atoms with Crippen LogP contribution in [0, 0.1) is 0 Å². The molecule has 0 aromatic heterocycles. The van der Waals surface area contributed by atoms with Gasteiger partial charge in [-0.05, 0) is 38.5 Å². The van der Waals surface area contributed by atoms with Crippen molar-refractivity contribution in [3.8, 4) is 0 Å². The average Bonchev–Trinajstić information content (AvgIpc) is 2.31. The number of carbonyl (C=O) groups excluding carboxylic acids is 1. The molecular formula is C14H22ClN3O. The highest BCUT2D eigenvalue weighted by atomic mass is 35.5. The van der Waals surface area contributed by atoms with E-state index in [1.165, 1.54) is 0 Å². The van der Waals surface area contributed by atoms with Gasteiger partial charge in [-0.25, -0.2) is 0 Å². The number of halogens is 1. The predicted molar refractivity (Wildman–Crippen MR) is 81.6 cm³/mol. The van der Waals surface area contributed by atoms with E-state index >= 15 is 0 Å². The van der Waals surface area contributed by atoms with E-state index < -0.39 is 0 Å². The molecule has 1 aromatic carbocycles. The molecule has 0 aliphatic heterocycles. The van der Waals surface area contributed by atoms with Crippen LogP contribution in [0.1, 0.15) is 27.2 Å². The normalized spacial score (nSPS) is 11.2. The molecule has 0 unspecified atom stereocenters. The fraction of sp³-hybridized carbons (Fsp3) is 0.500. The van der Waals surface area contributed by atoms with E-state index in [2.05, 4.69) is 5.32 Å². The van der Waals surface area contributed by atoms with E-state index in [0.717, 1.165) is 12.1 Å². The number of amides is 1. The van der Waals surface area contributed by atoms with E-state index in [1.54, 1.807) is 23.1 Å². The van der Waals surface area contributed by atoms with Crippen molar-refractivity contribution >= 4 is 28.9 Å². The summed E-state index contributed by atoms with van der Waals surface area (Å²) < 4.78 is 0. The van der Waals surface area contributed by atoms with Crippen LogP contribution in [0.15, 0.2) is 18.2 Å². The third kappa shape index (κ3) is 4.63. The standard InChI is InChI=1S/C14H22ClN3O/c1-5-14(2,3)17-13(19)9-18(4)12-8-10(15)6-7-11(12)16/h6-8H,5,9,16H2,1-4H3,(H,17,19). The average molecular weight is 284 g/mol. The predicted octanol–water partition coefficient (Wildman–Crippen LogP) is 2.66. The first-order valence-corrected chi connectivity index (χ1v) is 6.70. The number of nitrogens with one attached hydrogen (secondary N) is 1. The van der Waals surface area contributed by atoms with Gasteiger partial charge in [0.25, 0.3) is 0 Å². The Hall–Kier alpha value is -1.42. The fourth-order valence-corrected chi connectivity index (χ4v) is 1.82. The molecule has 0 spiro atoms. The number of benzene rings is 1. The minimum atomic E-state index is -0.197. The van der Waals surface area contributed by atoms with Gasteiger partial charge in [-0.1, -0.05) is 18.5 Å². The summed E-state index contributed by atoms with van der Waals surface area (Å²) in [6, 6.07) is 5.23. The van der Waals surface area contributed by atoms with Crippen LogP contribution < -0.4 is 16.0 Å². The van der Waals surface area contributed by atoms with E-state index in [4.69, 9.17) is 17.3 Å². The Morgan fingerprint density at radius 2 is 2.11 bits per heavy atom. The van der Waals surface area contributed by atoms with Gasteiger partial charge in [-0.2, -0.15) is 0 Å². The van der Waals surface area contributed by atoms with E-state index in [9.17, 15) is 4.79 Å². The lowest BCUT2D eigenvalue weighted by atomic mass is 10.0. The van der Waals surface area contributed by atoms with Crippen molar-refractivity contribution in [3.63, 3.8) is 0 Å². The summed E-state index contributed by atoms with van der Waals surface area (Å²) in [5.41, 5.74) is 7.06. The minimum Gasteiger partial charge on any atom is -0.397 e. The van der Waals surface area contributed by atoms with E-state index in [-0.39, 0.29) is 18.0 Å². The van der Waals surface area contributed by atoms with Gasteiger partial charge in [0.15, 0.2) is 0 Å². The highest BCUT2D eigenvalue weighted by Crippen LogP contribution is 2.25. The van der Waals surface area contributed by atoms with Crippen molar-refractivity contribution in [2.75, 3.05) is 24.2 Å². The quantitative estimate of drug-likeness (QED) is 0.817. The second kappa shape index (κ2) is 6.15. The Morgan fingerprint density at radius 3 is 2.68 bits per heavy atom. The van der Waals surface area contributed by atoms with Crippen LogP contribution >= 0.6 is 11.6 Å². The summed E-state index contributed by atoms with van der Waals surface area (Å²) in [4.78, 5) is 13.8. The number of nitrogens with two attached hydrogens (primary N) is 1. The Morgan fingerprint density at radius 1 is 1.47 bits per heavy atom. The Labute approximate surface area is 119 Å². The molecule has 0 aliphatic rings. The molecule has 0 heterocycles. The first-order chi connectivity index (χ1) is 8.75. The monoisotopic (exact) mass is 283 g/mol. The summed E-state index contributed by atoms with van der Waals surface area (Å²) in [7, 11) is 1.82. The van der Waals surface area contributed by atoms with Gasteiger partial charge < -0.3 is 16.0 Å². The first-order valence-electron chi connectivity index (χ1n) is 6.32. The highest BCUT2D eigenvalue weighted by molar-refractivity contribution is 6.31. The van der Waals surface area contributed by atoms with Gasteiger partial charge in [0.1, 0.15) is 0 Å². The minimum absolute atomic E-state index is 0.0336. The lowest BCUT2D eigenvalue weighted by Gasteiger charge is -2.27. The number of likely N-dealkylation sites (N-methyl/N-ethyl adjacent to an activating group) is 1. The summed E-state index contributed by atoms with van der Waals surface area (Å²) in [5.74, 6) is -0.0336. The maximum atomic E-state index is 12.0. The lowest BCUT2D eigenvalue weighted by molar-refractivity contribution is -0.121. The molecule has 19 heavy (non-hydrogen) atoms. The molecule has 5 heteroatoms. The van der Waals surface area contributed by atoms with Crippen molar-refractivity contribution in [3.05, 3.63) is 23.2 Å². The summed E-state index contributed by atoms with van der Waals surface area (Å²) in [6.45, 7) is 6.28. The van der Waals surface area contributed by atoms with Crippen molar-refractivity contribution in [1.29, 1.82) is 0 Å². The molecule has 0 aliphatic carbocycles. The van der Waals surface area contributed by atoms with E-state index in [1.807, 2.05) is 27.8 Å². The summed E-state index contributed by atoms with van der Waals surface area (Å²) in [6.07, 6.45) is 0.877. The van der Waals surface area contributed by atoms with Crippen molar-refractivity contribution < 1.29 is 4.79 Å². The molecule has 106 valence electrons. The van der Waals surface area contributed by atoms with Gasteiger partial charge in [0.05, 0.1) is 17.9 Å². The third-order valence-corrected chi connectivity index (χ3v) is 3.38. The molecule has 1 amide bonds. The molecule has 0 atom stereocenters. The number of hydrogen-bond acceptors (Lipinski definition) is 3. The topological polar surface area (TPSA) is 58.4 Å². The zero-order valence-electron chi connectivity index (χ0n) is 12.0. The van der Waals surface area contributed by atoms with Gasteiger partial charge >= 0.3 is 0 Å². The molecule has 0 radical (unpaired) electrons. The van der Waals surface area contributed by atoms with Crippen LogP contribution in [0.3, 0.4) is 0 Å². The zero-order chi connectivity index (χ0) is 14.6. The number of nitrogens with zero attached hydrogens (tertiary/aromatic N) is 1. The number of carbonyl (C=O) groups is 1. The molecule has 0 saturated carbocycles. The number of hydrogen-bond donors (Lipinski definition) is 2. The van der Waals surface area contributed by atoms with Crippen molar-refractivity contribution in [2.24, 2.45) is 0 Å². The van der Waals surface area contributed by atoms with Crippen LogP contribution in [0.4, 0.5) is 11.4 Å². The second-order valence-corrected chi connectivity index (χ2v) is 5.78. The summed E-state index contributed by atoms with van der Waals surface area (Å²) in [5, 5.41) is 3.59. The lowest BCUT2D eigenvalue weighted by Crippen LogP contribution is -2.46. The molecule has 4 nitrogen and oxygen atoms in total. The van der Waals surface area contributed by atoms with Crippen LogP contribution in [0.5, 0.6) is 0 Å². The molecule has 0 bridgehead atoms. The molecule has 1 aromatic rings.